The van der Waals surface area contributed by atoms with Gasteiger partial charge in [-0.1, -0.05) is 6.92 Å². The van der Waals surface area contributed by atoms with Crippen molar-refractivity contribution in [3.8, 4) is 11.5 Å². The minimum Gasteiger partial charge on any atom is -0.493 e. The van der Waals surface area contributed by atoms with E-state index in [-0.39, 0.29) is 6.61 Å². The van der Waals surface area contributed by atoms with Crippen LogP contribution in [0.4, 0.5) is 0 Å². The van der Waals surface area contributed by atoms with Crippen LogP contribution in [0.3, 0.4) is 0 Å². The molecule has 0 amide bonds. The Morgan fingerprint density at radius 1 is 1.26 bits per heavy atom. The molecule has 0 atom stereocenters. The van der Waals surface area contributed by atoms with Crippen molar-refractivity contribution in [3.05, 3.63) is 23.8 Å². The maximum atomic E-state index is 11.2. The first-order chi connectivity index (χ1) is 9.21. The highest BCUT2D eigenvalue weighted by Gasteiger charge is 2.09. The Balaban J connectivity index is 2.72. The molecule has 1 aromatic rings. The summed E-state index contributed by atoms with van der Waals surface area (Å²) in [7, 11) is 0. The molecule has 1 aromatic carbocycles. The van der Waals surface area contributed by atoms with E-state index in [4.69, 9.17) is 14.2 Å². The first-order valence-corrected chi connectivity index (χ1v) is 6.21. The summed E-state index contributed by atoms with van der Waals surface area (Å²) in [5, 5.41) is 0. The van der Waals surface area contributed by atoms with E-state index in [0.717, 1.165) is 6.42 Å². The number of carbonyl (C=O) groups excluding carboxylic acids is 2. The maximum absolute atomic E-state index is 11.2. The quantitative estimate of drug-likeness (QED) is 0.533. The van der Waals surface area contributed by atoms with E-state index in [0.29, 0.717) is 36.6 Å². The van der Waals surface area contributed by atoms with Crippen LogP contribution < -0.4 is 9.47 Å². The molecule has 5 nitrogen and oxygen atoms in total. The number of hydrogen-bond acceptors (Lipinski definition) is 5. The van der Waals surface area contributed by atoms with Gasteiger partial charge in [-0.2, -0.15) is 0 Å². The van der Waals surface area contributed by atoms with Crippen LogP contribution in [-0.2, 0) is 9.53 Å². The van der Waals surface area contributed by atoms with Gasteiger partial charge in [0.15, 0.2) is 12.9 Å². The Labute approximate surface area is 112 Å². The second kappa shape index (κ2) is 8.13. The zero-order valence-corrected chi connectivity index (χ0v) is 11.2. The van der Waals surface area contributed by atoms with Crippen molar-refractivity contribution < 1.29 is 23.8 Å². The topological polar surface area (TPSA) is 61.8 Å². The van der Waals surface area contributed by atoms with Crippen LogP contribution >= 0.6 is 0 Å². The van der Waals surface area contributed by atoms with Crippen LogP contribution in [0.1, 0.15) is 30.6 Å². The number of benzene rings is 1. The predicted molar refractivity (Wildman–Crippen MR) is 69.7 cm³/mol. The molecule has 0 saturated carbocycles. The van der Waals surface area contributed by atoms with Gasteiger partial charge in [-0.3, -0.25) is 4.79 Å². The molecule has 0 saturated heterocycles. The van der Waals surface area contributed by atoms with E-state index in [2.05, 4.69) is 0 Å². The van der Waals surface area contributed by atoms with Crippen molar-refractivity contribution in [3.63, 3.8) is 0 Å². The van der Waals surface area contributed by atoms with Crippen LogP contribution in [0.2, 0.25) is 0 Å². The molecule has 0 heterocycles. The molecule has 5 heteroatoms. The van der Waals surface area contributed by atoms with Crippen LogP contribution in [0.25, 0.3) is 0 Å². The van der Waals surface area contributed by atoms with Crippen molar-refractivity contribution >= 4 is 12.3 Å². The molecule has 1 rings (SSSR count). The first kappa shape index (κ1) is 15.0. The summed E-state index contributed by atoms with van der Waals surface area (Å²) >= 11 is 0. The van der Waals surface area contributed by atoms with Gasteiger partial charge in [0.2, 0.25) is 0 Å². The number of aldehydes is 1. The number of ether oxygens (including phenoxy) is 3. The molecule has 0 spiro atoms. The van der Waals surface area contributed by atoms with E-state index in [1.807, 2.05) is 6.92 Å². The first-order valence-electron chi connectivity index (χ1n) is 6.21. The van der Waals surface area contributed by atoms with Crippen molar-refractivity contribution in [2.75, 3.05) is 19.8 Å². The third-order valence-electron chi connectivity index (χ3n) is 2.24. The third kappa shape index (κ3) is 4.99. The second-order valence-electron chi connectivity index (χ2n) is 3.76. The second-order valence-corrected chi connectivity index (χ2v) is 3.76. The minimum absolute atomic E-state index is 0.230. The van der Waals surface area contributed by atoms with Gasteiger partial charge in [0.05, 0.1) is 18.8 Å². The standard InChI is InChI=1S/C14H18O5/c1-3-7-18-12-6-5-11(9-15)13(8-12)19-10-14(16)17-4-2/h5-6,8-9H,3-4,7,10H2,1-2H3. The van der Waals surface area contributed by atoms with E-state index < -0.39 is 5.97 Å². The lowest BCUT2D eigenvalue weighted by Gasteiger charge is -2.10. The number of hydrogen-bond donors (Lipinski definition) is 0. The Bertz CT molecular complexity index is 428. The van der Waals surface area contributed by atoms with Crippen molar-refractivity contribution in [1.82, 2.24) is 0 Å². The molecule has 0 unspecified atom stereocenters. The van der Waals surface area contributed by atoms with Gasteiger partial charge < -0.3 is 14.2 Å². The van der Waals surface area contributed by atoms with E-state index in [1.54, 1.807) is 25.1 Å². The number of carbonyl (C=O) groups is 2. The molecular formula is C14H18O5. The molecule has 0 radical (unpaired) electrons. The SMILES string of the molecule is CCCOc1ccc(C=O)c(OCC(=O)OCC)c1. The molecule has 0 bridgehead atoms. The Kier molecular flexibility index (Phi) is 6.43. The van der Waals surface area contributed by atoms with E-state index in [9.17, 15) is 9.59 Å². The molecule has 104 valence electrons. The number of rotatable bonds is 8. The largest absolute Gasteiger partial charge is 0.493 e. The Morgan fingerprint density at radius 2 is 2.05 bits per heavy atom. The van der Waals surface area contributed by atoms with Gasteiger partial charge in [-0.05, 0) is 25.5 Å². The summed E-state index contributed by atoms with van der Waals surface area (Å²) in [6.45, 7) is 4.36. The van der Waals surface area contributed by atoms with Crippen molar-refractivity contribution in [2.24, 2.45) is 0 Å². The van der Waals surface area contributed by atoms with Gasteiger partial charge in [0, 0.05) is 6.07 Å². The summed E-state index contributed by atoms with van der Waals surface area (Å²) in [6.07, 6.45) is 1.55. The Morgan fingerprint density at radius 3 is 2.68 bits per heavy atom. The van der Waals surface area contributed by atoms with Crippen LogP contribution in [0.5, 0.6) is 11.5 Å². The Hall–Kier alpha value is -2.04. The van der Waals surface area contributed by atoms with Crippen LogP contribution in [-0.4, -0.2) is 32.1 Å². The highest BCUT2D eigenvalue weighted by atomic mass is 16.6. The lowest BCUT2D eigenvalue weighted by atomic mass is 10.2. The summed E-state index contributed by atoms with van der Waals surface area (Å²) < 4.78 is 15.5. The van der Waals surface area contributed by atoms with Gasteiger partial charge in [0.1, 0.15) is 11.5 Å². The normalized spacial score (nSPS) is 9.79. The molecule has 0 aliphatic heterocycles. The van der Waals surface area contributed by atoms with Crippen LogP contribution in [0.15, 0.2) is 18.2 Å². The zero-order chi connectivity index (χ0) is 14.1. The maximum Gasteiger partial charge on any atom is 0.344 e. The van der Waals surface area contributed by atoms with Gasteiger partial charge >= 0.3 is 5.97 Å². The average Bonchev–Trinajstić information content (AvgIpc) is 2.43. The minimum atomic E-state index is -0.473. The fourth-order valence-corrected chi connectivity index (χ4v) is 1.39. The molecular weight excluding hydrogens is 248 g/mol. The predicted octanol–water partition coefficient (Wildman–Crippen LogP) is 2.23. The molecule has 19 heavy (non-hydrogen) atoms. The molecule has 0 aromatic heterocycles. The monoisotopic (exact) mass is 266 g/mol. The fourth-order valence-electron chi connectivity index (χ4n) is 1.39. The smallest absolute Gasteiger partial charge is 0.344 e. The average molecular weight is 266 g/mol. The summed E-state index contributed by atoms with van der Waals surface area (Å²) in [4.78, 5) is 22.1. The lowest BCUT2D eigenvalue weighted by Crippen LogP contribution is -2.15. The zero-order valence-electron chi connectivity index (χ0n) is 11.2. The highest BCUT2D eigenvalue weighted by molar-refractivity contribution is 5.80. The molecule has 0 N–H and O–H groups in total. The summed E-state index contributed by atoms with van der Waals surface area (Å²) in [5.74, 6) is 0.446. The van der Waals surface area contributed by atoms with Gasteiger partial charge in [-0.15, -0.1) is 0 Å². The number of esters is 1. The molecule has 0 fully saturated rings. The lowest BCUT2D eigenvalue weighted by molar-refractivity contribution is -0.145. The summed E-state index contributed by atoms with van der Waals surface area (Å²) in [6, 6.07) is 4.88. The molecule has 0 aliphatic rings. The molecule has 0 aliphatic carbocycles. The van der Waals surface area contributed by atoms with E-state index in [1.165, 1.54) is 0 Å². The van der Waals surface area contributed by atoms with Gasteiger partial charge in [0.25, 0.3) is 0 Å². The van der Waals surface area contributed by atoms with Gasteiger partial charge in [-0.25, -0.2) is 4.79 Å². The summed E-state index contributed by atoms with van der Waals surface area (Å²) in [5.41, 5.74) is 0.369. The fraction of sp³-hybridized carbons (Fsp3) is 0.429. The highest BCUT2D eigenvalue weighted by Crippen LogP contribution is 2.24. The van der Waals surface area contributed by atoms with E-state index >= 15 is 0 Å². The van der Waals surface area contributed by atoms with Crippen molar-refractivity contribution in [1.29, 1.82) is 0 Å². The van der Waals surface area contributed by atoms with Crippen LogP contribution in [0, 0.1) is 0 Å². The van der Waals surface area contributed by atoms with Crippen molar-refractivity contribution in [2.45, 2.75) is 20.3 Å². The third-order valence-corrected chi connectivity index (χ3v) is 2.24.